The average Bonchev–Trinajstić information content (AvgIpc) is 3.09. The van der Waals surface area contributed by atoms with Gasteiger partial charge in [0.05, 0.1) is 12.7 Å². The van der Waals surface area contributed by atoms with E-state index < -0.39 is 20.1 Å². The molecule has 0 unspecified atom stereocenters. The number of amides is 1. The number of carbonyl (C=O) groups is 2. The highest BCUT2D eigenvalue weighted by Gasteiger charge is 2.34. The second kappa shape index (κ2) is 9.19. The molecule has 1 aromatic rings. The third kappa shape index (κ3) is 5.67. The van der Waals surface area contributed by atoms with Crippen molar-refractivity contribution in [3.63, 3.8) is 0 Å². The molecule has 0 aromatic heterocycles. The van der Waals surface area contributed by atoms with Gasteiger partial charge in [0, 0.05) is 20.9 Å². The minimum absolute atomic E-state index is 0.0878. The van der Waals surface area contributed by atoms with Crippen molar-refractivity contribution in [2.45, 2.75) is 45.1 Å². The highest BCUT2D eigenvalue weighted by molar-refractivity contribution is 6.76. The summed E-state index contributed by atoms with van der Waals surface area (Å²) in [6.45, 7) is 9.44. The normalized spacial score (nSPS) is 16.5. The molecule has 1 aliphatic heterocycles. The quantitative estimate of drug-likeness (QED) is 0.293. The molecule has 0 radical (unpaired) electrons. The van der Waals surface area contributed by atoms with E-state index in [2.05, 4.69) is 19.6 Å². The van der Waals surface area contributed by atoms with Crippen LogP contribution in [0, 0.1) is 6.92 Å². The van der Waals surface area contributed by atoms with Gasteiger partial charge in [-0.25, -0.2) is 4.79 Å². The van der Waals surface area contributed by atoms with Gasteiger partial charge >= 0.3 is 5.97 Å². The topological polar surface area (TPSA) is 65.1 Å². The molecular weight excluding hydrogens is 362 g/mol. The molecule has 1 aliphatic rings. The fraction of sp³-hybridized carbons (Fsp3) is 0.500. The van der Waals surface area contributed by atoms with E-state index in [-0.39, 0.29) is 12.7 Å². The van der Waals surface area contributed by atoms with E-state index in [9.17, 15) is 9.59 Å². The molecule has 27 heavy (non-hydrogen) atoms. The Labute approximate surface area is 162 Å². The van der Waals surface area contributed by atoms with Crippen molar-refractivity contribution in [1.82, 2.24) is 4.90 Å². The van der Waals surface area contributed by atoms with Crippen LogP contribution in [0.1, 0.15) is 22.3 Å². The zero-order valence-corrected chi connectivity index (χ0v) is 17.8. The maximum Gasteiger partial charge on any atom is 0.329 e. The van der Waals surface area contributed by atoms with Crippen LogP contribution in [0.4, 0.5) is 0 Å². The third-order valence-corrected chi connectivity index (χ3v) is 6.12. The Morgan fingerprint density at radius 2 is 2.00 bits per heavy atom. The van der Waals surface area contributed by atoms with Gasteiger partial charge in [-0.3, -0.25) is 4.79 Å². The smallest absolute Gasteiger partial charge is 0.329 e. The maximum absolute atomic E-state index is 13.1. The van der Waals surface area contributed by atoms with Gasteiger partial charge in [0.1, 0.15) is 11.8 Å². The van der Waals surface area contributed by atoms with E-state index >= 15 is 0 Å². The molecule has 1 aromatic carbocycles. The number of benzene rings is 1. The zero-order chi connectivity index (χ0) is 20.0. The Morgan fingerprint density at radius 1 is 1.26 bits per heavy atom. The van der Waals surface area contributed by atoms with Crippen molar-refractivity contribution in [2.24, 2.45) is 0 Å². The predicted molar refractivity (Wildman–Crippen MR) is 107 cm³/mol. The number of esters is 1. The van der Waals surface area contributed by atoms with E-state index in [1.54, 1.807) is 18.3 Å². The number of rotatable bonds is 8. The van der Waals surface area contributed by atoms with Crippen molar-refractivity contribution in [3.8, 4) is 5.75 Å². The highest BCUT2D eigenvalue weighted by Crippen LogP contribution is 2.27. The molecular formula is C20H29NO5Si. The molecule has 148 valence electrons. The first-order valence-electron chi connectivity index (χ1n) is 9.12. The van der Waals surface area contributed by atoms with Crippen LogP contribution < -0.4 is 4.74 Å². The third-order valence-electron chi connectivity index (χ3n) is 4.41. The van der Waals surface area contributed by atoms with E-state index in [0.29, 0.717) is 24.3 Å². The number of ether oxygens (including phenoxy) is 3. The number of nitrogens with zero attached hydrogens (tertiary/aromatic N) is 1. The Kier molecular flexibility index (Phi) is 7.21. The molecule has 1 amide bonds. The number of hydrogen-bond acceptors (Lipinski definition) is 5. The van der Waals surface area contributed by atoms with Gasteiger partial charge in [-0.05, 0) is 31.0 Å². The summed E-state index contributed by atoms with van der Waals surface area (Å²) in [6.07, 6.45) is 3.86. The fourth-order valence-electron chi connectivity index (χ4n) is 2.78. The first-order valence-corrected chi connectivity index (χ1v) is 12.8. The van der Waals surface area contributed by atoms with E-state index in [0.717, 1.165) is 11.6 Å². The van der Waals surface area contributed by atoms with Crippen LogP contribution in [0.2, 0.25) is 25.7 Å². The Hall–Kier alpha value is -2.12. The summed E-state index contributed by atoms with van der Waals surface area (Å²) in [5.74, 6) is -0.259. The minimum atomic E-state index is -1.16. The summed E-state index contributed by atoms with van der Waals surface area (Å²) in [4.78, 5) is 26.5. The first-order chi connectivity index (χ1) is 12.7. The second-order valence-corrected chi connectivity index (χ2v) is 13.4. The van der Waals surface area contributed by atoms with E-state index in [4.69, 9.17) is 14.2 Å². The van der Waals surface area contributed by atoms with Gasteiger partial charge in [-0.1, -0.05) is 37.8 Å². The number of methoxy groups -OCH3 is 1. The van der Waals surface area contributed by atoms with Crippen LogP contribution in [0.3, 0.4) is 0 Å². The minimum Gasteiger partial charge on any atom is -0.467 e. The van der Waals surface area contributed by atoms with E-state index in [1.165, 1.54) is 12.0 Å². The highest BCUT2D eigenvalue weighted by atomic mass is 28.3. The molecule has 0 aliphatic carbocycles. The van der Waals surface area contributed by atoms with E-state index in [1.807, 2.05) is 19.1 Å². The van der Waals surface area contributed by atoms with Crippen LogP contribution in [-0.2, 0) is 14.3 Å². The number of hydrogen-bond donors (Lipinski definition) is 0. The van der Waals surface area contributed by atoms with Crippen LogP contribution in [0.15, 0.2) is 30.5 Å². The van der Waals surface area contributed by atoms with Crippen molar-refractivity contribution in [1.29, 1.82) is 0 Å². The average molecular weight is 392 g/mol. The number of carbonyl (C=O) groups excluding carboxylic acids is 2. The molecule has 0 spiro atoms. The number of aryl methyl sites for hydroxylation is 1. The van der Waals surface area contributed by atoms with Gasteiger partial charge in [0.2, 0.25) is 0 Å². The summed E-state index contributed by atoms with van der Waals surface area (Å²) >= 11 is 0. The second-order valence-electron chi connectivity index (χ2n) is 7.80. The molecule has 2 rings (SSSR count). The molecule has 6 nitrogen and oxygen atoms in total. The van der Waals surface area contributed by atoms with Crippen molar-refractivity contribution < 1.29 is 23.8 Å². The van der Waals surface area contributed by atoms with Crippen molar-refractivity contribution in [3.05, 3.63) is 41.6 Å². The summed E-state index contributed by atoms with van der Waals surface area (Å²) in [5, 5.41) is 0. The maximum atomic E-state index is 13.1. The van der Waals surface area contributed by atoms with Gasteiger partial charge in [0.15, 0.2) is 6.79 Å². The molecule has 0 saturated carbocycles. The Morgan fingerprint density at radius 3 is 2.67 bits per heavy atom. The lowest BCUT2D eigenvalue weighted by Crippen LogP contribution is -2.39. The summed E-state index contributed by atoms with van der Waals surface area (Å²) < 4.78 is 16.1. The van der Waals surface area contributed by atoms with Gasteiger partial charge in [-0.2, -0.15) is 0 Å². The summed E-state index contributed by atoms with van der Waals surface area (Å²) in [6, 6.07) is 5.84. The van der Waals surface area contributed by atoms with Crippen LogP contribution in [0.5, 0.6) is 5.75 Å². The first kappa shape index (κ1) is 21.2. The van der Waals surface area contributed by atoms with Crippen LogP contribution >= 0.6 is 0 Å². The lowest BCUT2D eigenvalue weighted by molar-refractivity contribution is -0.144. The lowest BCUT2D eigenvalue weighted by Gasteiger charge is -2.23. The molecule has 0 N–H and O–H groups in total. The van der Waals surface area contributed by atoms with Crippen molar-refractivity contribution >= 4 is 20.0 Å². The molecule has 0 fully saturated rings. The predicted octanol–water partition coefficient (Wildman–Crippen LogP) is 3.59. The van der Waals surface area contributed by atoms with Gasteiger partial charge in [0.25, 0.3) is 5.91 Å². The van der Waals surface area contributed by atoms with Crippen LogP contribution in [0.25, 0.3) is 0 Å². The zero-order valence-electron chi connectivity index (χ0n) is 16.8. The monoisotopic (exact) mass is 391 g/mol. The summed E-state index contributed by atoms with van der Waals surface area (Å²) in [5.41, 5.74) is 1.22. The molecule has 0 bridgehead atoms. The lowest BCUT2D eigenvalue weighted by atomic mass is 10.1. The Balaban J connectivity index is 2.09. The SMILES string of the molecule is COC(=O)[C@@H]1CC=CN1C(=O)c1c(C)cccc1OCOCC[Si](C)(C)C. The molecule has 1 atom stereocenters. The molecule has 7 heteroatoms. The van der Waals surface area contributed by atoms with Crippen LogP contribution in [-0.4, -0.2) is 51.4 Å². The molecule has 1 heterocycles. The van der Waals surface area contributed by atoms with Gasteiger partial charge < -0.3 is 19.1 Å². The van der Waals surface area contributed by atoms with Crippen molar-refractivity contribution in [2.75, 3.05) is 20.5 Å². The fourth-order valence-corrected chi connectivity index (χ4v) is 3.54. The summed E-state index contributed by atoms with van der Waals surface area (Å²) in [7, 11) is 0.166. The Bertz CT molecular complexity index is 711. The molecule has 0 saturated heterocycles. The van der Waals surface area contributed by atoms with Gasteiger partial charge in [-0.15, -0.1) is 0 Å². The largest absolute Gasteiger partial charge is 0.467 e. The standard InChI is InChI=1S/C20H29NO5Si/c1-15-8-6-10-17(26-14-25-12-13-27(3,4)5)18(15)19(22)21-11-7-9-16(21)20(23)24-2/h6-8,10-11,16H,9,12-14H2,1-5H3/t16-/m0/s1.